The summed E-state index contributed by atoms with van der Waals surface area (Å²) in [6.07, 6.45) is 0. The van der Waals surface area contributed by atoms with Gasteiger partial charge in [0.2, 0.25) is 10.0 Å². The van der Waals surface area contributed by atoms with Gasteiger partial charge in [0.05, 0.1) is 9.92 Å². The molecule has 0 spiro atoms. The lowest BCUT2D eigenvalue weighted by molar-refractivity contribution is 0.597. The van der Waals surface area contributed by atoms with Crippen LogP contribution in [0.15, 0.2) is 26.0 Å². The lowest BCUT2D eigenvalue weighted by Crippen LogP contribution is -2.12. The van der Waals surface area contributed by atoms with Gasteiger partial charge in [0.15, 0.2) is 0 Å². The van der Waals surface area contributed by atoms with Crippen LogP contribution in [0, 0.1) is 0 Å². The Labute approximate surface area is 97.6 Å². The van der Waals surface area contributed by atoms with E-state index in [1.807, 2.05) is 0 Å². The van der Waals surface area contributed by atoms with Crippen molar-refractivity contribution in [2.45, 2.75) is 4.90 Å². The number of hydrogen-bond acceptors (Lipinski definition) is 2. The number of hydrogen-bond donors (Lipinski definition) is 1. The first kappa shape index (κ1) is 11.5. The second kappa shape index (κ2) is 3.86. The van der Waals surface area contributed by atoms with E-state index in [0.717, 1.165) is 0 Å². The molecule has 3 nitrogen and oxygen atoms in total. The minimum Gasteiger partial charge on any atom is -0.225 e. The third-order valence-electron chi connectivity index (χ3n) is 1.28. The maximum Gasteiger partial charge on any atom is 0.239 e. The highest BCUT2D eigenvalue weighted by molar-refractivity contribution is 9.11. The number of nitrogens with two attached hydrogens (primary N) is 1. The molecule has 0 atom stereocenters. The molecule has 0 aliphatic heterocycles. The molecule has 0 aromatic heterocycles. The standard InChI is InChI=1S/C6H4Br2ClNO2S/c7-3-2-6(13(10,11)12)4(8)1-5(3)9/h1-2H,(H2,10,11,12). The van der Waals surface area contributed by atoms with Gasteiger partial charge in [-0.2, -0.15) is 0 Å². The number of benzene rings is 1. The van der Waals surface area contributed by atoms with Gasteiger partial charge in [-0.1, -0.05) is 11.6 Å². The average molecular weight is 349 g/mol. The quantitative estimate of drug-likeness (QED) is 0.792. The van der Waals surface area contributed by atoms with Crippen molar-refractivity contribution in [3.8, 4) is 0 Å². The van der Waals surface area contributed by atoms with E-state index in [0.29, 0.717) is 14.0 Å². The van der Waals surface area contributed by atoms with Gasteiger partial charge in [-0.3, -0.25) is 0 Å². The minimum atomic E-state index is -3.71. The Morgan fingerprint density at radius 2 is 1.77 bits per heavy atom. The van der Waals surface area contributed by atoms with Crippen molar-refractivity contribution < 1.29 is 8.42 Å². The summed E-state index contributed by atoms with van der Waals surface area (Å²) in [5.74, 6) is 0. The van der Waals surface area contributed by atoms with Crippen LogP contribution in [0.4, 0.5) is 0 Å². The molecule has 13 heavy (non-hydrogen) atoms. The van der Waals surface area contributed by atoms with Crippen molar-refractivity contribution in [3.63, 3.8) is 0 Å². The Morgan fingerprint density at radius 1 is 1.23 bits per heavy atom. The predicted octanol–water partition coefficient (Wildman–Crippen LogP) is 2.51. The third-order valence-corrected chi connectivity index (χ3v) is 4.35. The fourth-order valence-electron chi connectivity index (χ4n) is 0.722. The molecule has 0 heterocycles. The zero-order chi connectivity index (χ0) is 10.2. The molecule has 0 unspecified atom stereocenters. The van der Waals surface area contributed by atoms with Crippen LogP contribution in [0.3, 0.4) is 0 Å². The van der Waals surface area contributed by atoms with Crippen LogP contribution in [0.5, 0.6) is 0 Å². The first-order chi connectivity index (χ1) is 5.82. The van der Waals surface area contributed by atoms with Crippen LogP contribution < -0.4 is 5.14 Å². The Morgan fingerprint density at radius 3 is 2.23 bits per heavy atom. The van der Waals surface area contributed by atoms with E-state index < -0.39 is 10.0 Å². The molecular weight excluding hydrogens is 345 g/mol. The van der Waals surface area contributed by atoms with Crippen LogP contribution in [0.2, 0.25) is 5.02 Å². The molecule has 0 aliphatic rings. The van der Waals surface area contributed by atoms with Crippen LogP contribution in [0.1, 0.15) is 0 Å². The lowest BCUT2D eigenvalue weighted by Gasteiger charge is -2.03. The Hall–Kier alpha value is 0.380. The molecule has 1 rings (SSSR count). The van der Waals surface area contributed by atoms with E-state index in [2.05, 4.69) is 31.9 Å². The van der Waals surface area contributed by atoms with Crippen LogP contribution >= 0.6 is 43.5 Å². The fraction of sp³-hybridized carbons (Fsp3) is 0. The summed E-state index contributed by atoms with van der Waals surface area (Å²) >= 11 is 11.9. The van der Waals surface area contributed by atoms with Crippen molar-refractivity contribution in [3.05, 3.63) is 26.1 Å². The monoisotopic (exact) mass is 347 g/mol. The van der Waals surface area contributed by atoms with Crippen molar-refractivity contribution in [1.82, 2.24) is 0 Å². The van der Waals surface area contributed by atoms with E-state index in [1.165, 1.54) is 12.1 Å². The minimum absolute atomic E-state index is 0.00350. The highest BCUT2D eigenvalue weighted by Gasteiger charge is 2.14. The summed E-state index contributed by atoms with van der Waals surface area (Å²) in [4.78, 5) is 0.00350. The highest BCUT2D eigenvalue weighted by atomic mass is 79.9. The predicted molar refractivity (Wildman–Crippen MR) is 58.2 cm³/mol. The molecule has 0 radical (unpaired) electrons. The zero-order valence-corrected chi connectivity index (χ0v) is 10.8. The lowest BCUT2D eigenvalue weighted by atomic mass is 10.4. The third kappa shape index (κ3) is 2.66. The maximum absolute atomic E-state index is 11.0. The SMILES string of the molecule is NS(=O)(=O)c1cc(Br)c(Cl)cc1Br. The summed E-state index contributed by atoms with van der Waals surface area (Å²) in [6, 6.07) is 2.81. The molecule has 0 bridgehead atoms. The summed E-state index contributed by atoms with van der Waals surface area (Å²) < 4.78 is 22.8. The fourth-order valence-corrected chi connectivity index (χ4v) is 3.15. The van der Waals surface area contributed by atoms with Gasteiger partial charge in [0.1, 0.15) is 0 Å². The normalized spacial score (nSPS) is 11.7. The summed E-state index contributed by atoms with van der Waals surface area (Å²) in [7, 11) is -3.71. The number of primary sulfonamides is 1. The molecule has 1 aromatic carbocycles. The molecule has 0 aliphatic carbocycles. The van der Waals surface area contributed by atoms with Gasteiger partial charge in [-0.05, 0) is 44.0 Å². The van der Waals surface area contributed by atoms with Crippen molar-refractivity contribution in [1.29, 1.82) is 0 Å². The largest absolute Gasteiger partial charge is 0.239 e. The molecule has 1 aromatic rings. The van der Waals surface area contributed by atoms with Gasteiger partial charge in [-0.25, -0.2) is 13.6 Å². The Bertz CT molecular complexity index is 446. The van der Waals surface area contributed by atoms with Gasteiger partial charge in [0, 0.05) is 8.95 Å². The molecular formula is C6H4Br2ClNO2S. The number of halogens is 3. The van der Waals surface area contributed by atoms with Gasteiger partial charge >= 0.3 is 0 Å². The van der Waals surface area contributed by atoms with E-state index in [1.54, 1.807) is 0 Å². The molecule has 0 fully saturated rings. The Balaban J connectivity index is 3.50. The molecule has 7 heteroatoms. The average Bonchev–Trinajstić information content (AvgIpc) is 1.94. The molecule has 0 saturated carbocycles. The maximum atomic E-state index is 11.0. The van der Waals surface area contributed by atoms with Crippen LogP contribution in [0.25, 0.3) is 0 Å². The van der Waals surface area contributed by atoms with E-state index in [9.17, 15) is 8.42 Å². The molecule has 0 saturated heterocycles. The molecule has 0 amide bonds. The molecule has 72 valence electrons. The van der Waals surface area contributed by atoms with Crippen LogP contribution in [-0.4, -0.2) is 8.42 Å². The van der Waals surface area contributed by atoms with Crippen molar-refractivity contribution >= 4 is 53.5 Å². The first-order valence-electron chi connectivity index (χ1n) is 2.99. The number of rotatable bonds is 1. The second-order valence-corrected chi connectivity index (χ2v) is 5.89. The summed E-state index contributed by atoms with van der Waals surface area (Å²) in [5, 5.41) is 5.37. The van der Waals surface area contributed by atoms with Crippen molar-refractivity contribution in [2.24, 2.45) is 5.14 Å². The van der Waals surface area contributed by atoms with Gasteiger partial charge < -0.3 is 0 Å². The van der Waals surface area contributed by atoms with Crippen LogP contribution in [-0.2, 0) is 10.0 Å². The summed E-state index contributed by atoms with van der Waals surface area (Å²) in [5.41, 5.74) is 0. The smallest absolute Gasteiger partial charge is 0.225 e. The Kier molecular flexibility index (Phi) is 3.40. The van der Waals surface area contributed by atoms with E-state index in [4.69, 9.17) is 16.7 Å². The van der Waals surface area contributed by atoms with E-state index in [-0.39, 0.29) is 4.90 Å². The van der Waals surface area contributed by atoms with Crippen molar-refractivity contribution in [2.75, 3.05) is 0 Å². The van der Waals surface area contributed by atoms with Gasteiger partial charge in [-0.15, -0.1) is 0 Å². The molecule has 2 N–H and O–H groups in total. The summed E-state index contributed by atoms with van der Waals surface area (Å²) in [6.45, 7) is 0. The van der Waals surface area contributed by atoms with E-state index >= 15 is 0 Å². The topological polar surface area (TPSA) is 60.2 Å². The highest BCUT2D eigenvalue weighted by Crippen LogP contribution is 2.31. The second-order valence-electron chi connectivity index (χ2n) is 2.24. The zero-order valence-electron chi connectivity index (χ0n) is 6.09. The first-order valence-corrected chi connectivity index (χ1v) is 6.51. The number of sulfonamides is 1. The van der Waals surface area contributed by atoms with Gasteiger partial charge in [0.25, 0.3) is 0 Å².